The molecule has 0 radical (unpaired) electrons. The summed E-state index contributed by atoms with van der Waals surface area (Å²) >= 11 is 5.89. The van der Waals surface area contributed by atoms with Crippen LogP contribution in [0.4, 0.5) is 5.69 Å². The molecule has 1 aromatic carbocycles. The molecule has 104 valence electrons. The number of halogens is 1. The molecule has 0 heterocycles. The molecule has 0 aliphatic heterocycles. The van der Waals surface area contributed by atoms with Gasteiger partial charge in [-0.1, -0.05) is 25.4 Å². The van der Waals surface area contributed by atoms with E-state index in [2.05, 4.69) is 4.74 Å². The maximum Gasteiger partial charge on any atom is 0.339 e. The summed E-state index contributed by atoms with van der Waals surface area (Å²) in [6.07, 6.45) is 0. The maximum absolute atomic E-state index is 11.4. The summed E-state index contributed by atoms with van der Waals surface area (Å²) in [5.41, 5.74) is -0.377. The summed E-state index contributed by atoms with van der Waals surface area (Å²) in [5, 5.41) is 11.0. The molecule has 0 aliphatic carbocycles. The number of ether oxygens (including phenoxy) is 2. The predicted octanol–water partition coefficient (Wildman–Crippen LogP) is 3.07. The van der Waals surface area contributed by atoms with E-state index in [1.165, 1.54) is 13.2 Å². The molecule has 0 saturated heterocycles. The number of nitro groups is 1. The van der Waals surface area contributed by atoms with E-state index < -0.39 is 10.9 Å². The second-order valence-electron chi connectivity index (χ2n) is 4.25. The number of methoxy groups -OCH3 is 1. The third-order valence-electron chi connectivity index (χ3n) is 2.22. The number of hydrogen-bond donors (Lipinski definition) is 0. The van der Waals surface area contributed by atoms with Gasteiger partial charge in [-0.3, -0.25) is 10.1 Å². The number of benzene rings is 1. The van der Waals surface area contributed by atoms with E-state index in [4.69, 9.17) is 16.3 Å². The lowest BCUT2D eigenvalue weighted by Gasteiger charge is -2.10. The van der Waals surface area contributed by atoms with Crippen LogP contribution in [0.5, 0.6) is 5.75 Å². The molecule has 0 atom stereocenters. The van der Waals surface area contributed by atoms with Crippen LogP contribution < -0.4 is 4.74 Å². The van der Waals surface area contributed by atoms with E-state index in [0.29, 0.717) is 6.61 Å². The van der Waals surface area contributed by atoms with Gasteiger partial charge in [0, 0.05) is 12.1 Å². The molecule has 0 aromatic heterocycles. The van der Waals surface area contributed by atoms with E-state index in [-0.39, 0.29) is 27.9 Å². The molecule has 0 N–H and O–H groups in total. The zero-order valence-corrected chi connectivity index (χ0v) is 11.6. The second-order valence-corrected chi connectivity index (χ2v) is 4.66. The summed E-state index contributed by atoms with van der Waals surface area (Å²) in [6.45, 7) is 4.14. The molecule has 0 saturated carbocycles. The third-order valence-corrected chi connectivity index (χ3v) is 2.54. The van der Waals surface area contributed by atoms with Crippen LogP contribution in [-0.2, 0) is 4.74 Å². The van der Waals surface area contributed by atoms with Gasteiger partial charge in [-0.05, 0) is 5.92 Å². The standard InChI is InChI=1S/C12H14ClNO5/c1-7(2)6-19-11-5-9(13)8(12(15)18-3)4-10(11)14(16)17/h4-5,7H,6H2,1-3H3. The quantitative estimate of drug-likeness (QED) is 0.472. The van der Waals surface area contributed by atoms with Crippen molar-refractivity contribution in [3.05, 3.63) is 32.8 Å². The van der Waals surface area contributed by atoms with Gasteiger partial charge < -0.3 is 9.47 Å². The maximum atomic E-state index is 11.4. The van der Waals surface area contributed by atoms with Crippen LogP contribution in [0.25, 0.3) is 0 Å². The van der Waals surface area contributed by atoms with Crippen LogP contribution in [-0.4, -0.2) is 24.6 Å². The first-order valence-corrected chi connectivity index (χ1v) is 5.93. The lowest BCUT2D eigenvalue weighted by atomic mass is 10.2. The Hall–Kier alpha value is -1.82. The molecular formula is C12H14ClNO5. The molecule has 0 spiro atoms. The van der Waals surface area contributed by atoms with E-state index in [9.17, 15) is 14.9 Å². The lowest BCUT2D eigenvalue weighted by molar-refractivity contribution is -0.385. The molecule has 6 nitrogen and oxygen atoms in total. The molecule has 0 amide bonds. The van der Waals surface area contributed by atoms with Crippen molar-refractivity contribution in [2.24, 2.45) is 5.92 Å². The van der Waals surface area contributed by atoms with E-state index in [1.54, 1.807) is 0 Å². The first-order chi connectivity index (χ1) is 8.86. The Morgan fingerprint density at radius 1 is 1.47 bits per heavy atom. The fraction of sp³-hybridized carbons (Fsp3) is 0.417. The predicted molar refractivity (Wildman–Crippen MR) is 69.8 cm³/mol. The van der Waals surface area contributed by atoms with Gasteiger partial charge in [0.1, 0.15) is 0 Å². The van der Waals surface area contributed by atoms with Crippen LogP contribution >= 0.6 is 11.6 Å². The molecule has 0 unspecified atom stereocenters. The van der Waals surface area contributed by atoms with Crippen LogP contribution in [0.3, 0.4) is 0 Å². The van der Waals surface area contributed by atoms with Crippen LogP contribution in [0.15, 0.2) is 12.1 Å². The first-order valence-electron chi connectivity index (χ1n) is 5.55. The number of rotatable bonds is 5. The molecule has 7 heteroatoms. The normalized spacial score (nSPS) is 10.4. The van der Waals surface area contributed by atoms with E-state index in [0.717, 1.165) is 6.07 Å². The monoisotopic (exact) mass is 287 g/mol. The molecule has 0 bridgehead atoms. The summed E-state index contributed by atoms with van der Waals surface area (Å²) in [5.74, 6) is -0.487. The number of nitrogens with zero attached hydrogens (tertiary/aromatic N) is 1. The highest BCUT2D eigenvalue weighted by Gasteiger charge is 2.22. The molecule has 0 aliphatic rings. The van der Waals surface area contributed by atoms with Crippen molar-refractivity contribution in [1.29, 1.82) is 0 Å². The fourth-order valence-corrected chi connectivity index (χ4v) is 1.56. The van der Waals surface area contributed by atoms with E-state index in [1.807, 2.05) is 13.8 Å². The highest BCUT2D eigenvalue weighted by atomic mass is 35.5. The van der Waals surface area contributed by atoms with Crippen molar-refractivity contribution in [2.45, 2.75) is 13.8 Å². The first kappa shape index (κ1) is 15.2. The van der Waals surface area contributed by atoms with Gasteiger partial charge >= 0.3 is 11.7 Å². The molecular weight excluding hydrogens is 274 g/mol. The Bertz CT molecular complexity index is 501. The minimum atomic E-state index is -0.733. The van der Waals surface area contributed by atoms with Crippen molar-refractivity contribution < 1.29 is 19.2 Å². The number of carbonyl (C=O) groups excluding carboxylic acids is 1. The van der Waals surface area contributed by atoms with Crippen molar-refractivity contribution in [2.75, 3.05) is 13.7 Å². The van der Waals surface area contributed by atoms with Crippen LogP contribution in [0, 0.1) is 16.0 Å². The van der Waals surface area contributed by atoms with Gasteiger partial charge in [0.25, 0.3) is 0 Å². The lowest BCUT2D eigenvalue weighted by Crippen LogP contribution is -2.08. The highest BCUT2D eigenvalue weighted by molar-refractivity contribution is 6.33. The van der Waals surface area contributed by atoms with Gasteiger partial charge in [-0.25, -0.2) is 4.79 Å². The van der Waals surface area contributed by atoms with Gasteiger partial charge in [-0.15, -0.1) is 0 Å². The third kappa shape index (κ3) is 3.82. The Labute approximate surface area is 115 Å². The minimum absolute atomic E-state index is 0.0383. The topological polar surface area (TPSA) is 78.7 Å². The Morgan fingerprint density at radius 3 is 2.58 bits per heavy atom. The SMILES string of the molecule is COC(=O)c1cc([N+](=O)[O-])c(OCC(C)C)cc1Cl. The minimum Gasteiger partial charge on any atom is -0.487 e. The summed E-state index contributed by atoms with van der Waals surface area (Å²) in [6, 6.07) is 2.32. The van der Waals surface area contributed by atoms with E-state index >= 15 is 0 Å². The number of nitro benzene ring substituents is 1. The highest BCUT2D eigenvalue weighted by Crippen LogP contribution is 2.33. The average Bonchev–Trinajstić information content (AvgIpc) is 2.34. The summed E-state index contributed by atoms with van der Waals surface area (Å²) in [4.78, 5) is 21.8. The van der Waals surface area contributed by atoms with Crippen LogP contribution in [0.2, 0.25) is 5.02 Å². The van der Waals surface area contributed by atoms with Crippen molar-refractivity contribution in [3.63, 3.8) is 0 Å². The second kappa shape index (κ2) is 6.38. The Balaban J connectivity index is 3.21. The zero-order valence-electron chi connectivity index (χ0n) is 10.8. The molecule has 1 aromatic rings. The van der Waals surface area contributed by atoms with Gasteiger partial charge in [-0.2, -0.15) is 0 Å². The van der Waals surface area contributed by atoms with Gasteiger partial charge in [0.2, 0.25) is 0 Å². The fourth-order valence-electron chi connectivity index (χ4n) is 1.32. The number of hydrogen-bond acceptors (Lipinski definition) is 5. The van der Waals surface area contributed by atoms with Gasteiger partial charge in [0.05, 0.1) is 29.2 Å². The number of esters is 1. The zero-order chi connectivity index (χ0) is 14.6. The summed E-state index contributed by atoms with van der Waals surface area (Å²) < 4.78 is 9.83. The largest absolute Gasteiger partial charge is 0.487 e. The van der Waals surface area contributed by atoms with Gasteiger partial charge in [0.15, 0.2) is 5.75 Å². The smallest absolute Gasteiger partial charge is 0.339 e. The molecule has 1 rings (SSSR count). The van der Waals surface area contributed by atoms with Crippen molar-refractivity contribution >= 4 is 23.3 Å². The molecule has 19 heavy (non-hydrogen) atoms. The Kier molecular flexibility index (Phi) is 5.11. The van der Waals surface area contributed by atoms with Crippen molar-refractivity contribution in [3.8, 4) is 5.75 Å². The molecule has 0 fully saturated rings. The average molecular weight is 288 g/mol. The Morgan fingerprint density at radius 2 is 2.11 bits per heavy atom. The number of carbonyl (C=O) groups is 1. The van der Waals surface area contributed by atoms with Crippen molar-refractivity contribution in [1.82, 2.24) is 0 Å². The summed E-state index contributed by atoms with van der Waals surface area (Å²) in [7, 11) is 1.17. The van der Waals surface area contributed by atoms with Crippen LogP contribution in [0.1, 0.15) is 24.2 Å².